The average molecular weight is 558 g/mol. The van der Waals surface area contributed by atoms with Crippen molar-refractivity contribution in [2.45, 2.75) is 114 Å². The highest BCUT2D eigenvalue weighted by Gasteiger charge is 2.58. The molecule has 3 nitrogen and oxygen atoms in total. The van der Waals surface area contributed by atoms with E-state index in [1.807, 2.05) is 0 Å². The van der Waals surface area contributed by atoms with Gasteiger partial charge in [-0.3, -0.25) is 4.79 Å². The second kappa shape index (κ2) is 10.9. The molecule has 4 saturated carbocycles. The summed E-state index contributed by atoms with van der Waals surface area (Å²) in [7, 11) is 0. The van der Waals surface area contributed by atoms with Crippen LogP contribution in [0.5, 0.6) is 0 Å². The highest BCUT2D eigenvalue weighted by atomic mass is 127. The van der Waals surface area contributed by atoms with Gasteiger partial charge in [-0.25, -0.2) is 0 Å². The van der Waals surface area contributed by atoms with E-state index >= 15 is 0 Å². The van der Waals surface area contributed by atoms with Gasteiger partial charge in [-0.1, -0.05) is 39.5 Å². The smallest absolute Gasteiger partial charge is 0.137 e. The maximum absolute atomic E-state index is 13.3. The van der Waals surface area contributed by atoms with Crippen LogP contribution in [0.1, 0.15) is 110 Å². The molecule has 32 heavy (non-hydrogen) atoms. The van der Waals surface area contributed by atoms with Crippen LogP contribution in [0.4, 0.5) is 0 Å². The van der Waals surface area contributed by atoms with Crippen molar-refractivity contribution < 1.29 is 9.90 Å². The minimum atomic E-state index is -0.455. The third-order valence-electron chi connectivity index (χ3n) is 10.3. The van der Waals surface area contributed by atoms with Crippen LogP contribution in [-0.4, -0.2) is 27.6 Å². The van der Waals surface area contributed by atoms with E-state index in [4.69, 9.17) is 0 Å². The number of carbonyl (C=O) groups is 1. The van der Waals surface area contributed by atoms with Crippen molar-refractivity contribution in [2.24, 2.45) is 40.9 Å². The topological polar surface area (TPSA) is 49.3 Å². The summed E-state index contributed by atoms with van der Waals surface area (Å²) in [5, 5.41) is 14.1. The summed E-state index contributed by atoms with van der Waals surface area (Å²) in [6.07, 6.45) is 18.2. The van der Waals surface area contributed by atoms with Gasteiger partial charge in [0.25, 0.3) is 0 Å². The molecule has 0 aromatic heterocycles. The molecular weight excluding hydrogens is 509 g/mol. The van der Waals surface area contributed by atoms with Gasteiger partial charge in [-0.2, -0.15) is 0 Å². The van der Waals surface area contributed by atoms with E-state index in [1.54, 1.807) is 0 Å². The number of halogens is 1. The number of ketones is 1. The van der Waals surface area contributed by atoms with E-state index in [9.17, 15) is 9.90 Å². The molecule has 0 amide bonds. The molecule has 8 atom stereocenters. The molecule has 4 aliphatic carbocycles. The molecule has 0 heterocycles. The van der Waals surface area contributed by atoms with Crippen LogP contribution in [0.3, 0.4) is 0 Å². The number of alkyl halides is 1. The van der Waals surface area contributed by atoms with Crippen molar-refractivity contribution in [3.05, 3.63) is 0 Å². The molecule has 0 radical (unpaired) electrons. The third kappa shape index (κ3) is 5.42. The second-order valence-electron chi connectivity index (χ2n) is 12.2. The SMILES string of the molecule is CCCCCCCNCCC(=O)[C@H]1CC[C@H]2[C@@H]3CC[C@@H]4C[C@@](O)(I)CC[C@@H]4[C@H]3CC[C@]12C. The predicted octanol–water partition coefficient (Wildman–Crippen LogP) is 6.90. The minimum absolute atomic E-state index is 0.254. The van der Waals surface area contributed by atoms with Gasteiger partial charge in [0.05, 0.1) is 0 Å². The Morgan fingerprint density at radius 2 is 1.72 bits per heavy atom. The van der Waals surface area contributed by atoms with Crippen LogP contribution < -0.4 is 5.32 Å². The molecule has 4 rings (SSSR count). The van der Waals surface area contributed by atoms with E-state index in [2.05, 4.69) is 41.8 Å². The number of unbranched alkanes of at least 4 members (excludes halogenated alkanes) is 4. The lowest BCUT2D eigenvalue weighted by Gasteiger charge is -2.56. The molecule has 184 valence electrons. The summed E-state index contributed by atoms with van der Waals surface area (Å²) in [5.41, 5.74) is 0.254. The van der Waals surface area contributed by atoms with E-state index < -0.39 is 3.61 Å². The summed E-state index contributed by atoms with van der Waals surface area (Å²) in [5.74, 6) is 4.91. The first-order chi connectivity index (χ1) is 15.4. The molecular formula is C28H48INO2. The molecule has 0 aromatic carbocycles. The molecule has 4 fully saturated rings. The molecule has 0 saturated heterocycles. The van der Waals surface area contributed by atoms with Crippen molar-refractivity contribution >= 4 is 28.4 Å². The number of hydrogen-bond donors (Lipinski definition) is 2. The highest BCUT2D eigenvalue weighted by molar-refractivity contribution is 14.1. The number of carbonyl (C=O) groups excluding carboxylic acids is 1. The summed E-state index contributed by atoms with van der Waals surface area (Å²) in [6, 6.07) is 0. The number of aliphatic hydroxyl groups is 1. The third-order valence-corrected chi connectivity index (χ3v) is 11.3. The Balaban J connectivity index is 1.27. The summed E-state index contributed by atoms with van der Waals surface area (Å²) < 4.78 is -0.455. The highest BCUT2D eigenvalue weighted by Crippen LogP contribution is 2.65. The van der Waals surface area contributed by atoms with E-state index in [-0.39, 0.29) is 5.41 Å². The van der Waals surface area contributed by atoms with Crippen LogP contribution in [0.25, 0.3) is 0 Å². The van der Waals surface area contributed by atoms with Crippen LogP contribution >= 0.6 is 22.6 Å². The largest absolute Gasteiger partial charge is 0.380 e. The zero-order chi connectivity index (χ0) is 22.8. The van der Waals surface area contributed by atoms with Gasteiger partial charge in [0.15, 0.2) is 0 Å². The quantitative estimate of drug-likeness (QED) is 0.175. The molecule has 0 spiro atoms. The Morgan fingerprint density at radius 1 is 0.938 bits per heavy atom. The molecule has 0 bridgehead atoms. The predicted molar refractivity (Wildman–Crippen MR) is 141 cm³/mol. The van der Waals surface area contributed by atoms with Crippen LogP contribution in [0.15, 0.2) is 0 Å². The van der Waals surface area contributed by atoms with Crippen molar-refractivity contribution in [3.8, 4) is 0 Å². The van der Waals surface area contributed by atoms with Gasteiger partial charge < -0.3 is 10.4 Å². The number of Topliss-reactive ketones (excluding diaryl/α,β-unsaturated/α-hetero) is 1. The van der Waals surface area contributed by atoms with Gasteiger partial charge in [0.1, 0.15) is 9.39 Å². The Bertz CT molecular complexity index is 637. The molecule has 4 heteroatoms. The summed E-state index contributed by atoms with van der Waals surface area (Å²) in [6.45, 7) is 6.69. The van der Waals surface area contributed by atoms with Crippen molar-refractivity contribution in [1.29, 1.82) is 0 Å². The fraction of sp³-hybridized carbons (Fsp3) is 0.964. The minimum Gasteiger partial charge on any atom is -0.380 e. The Morgan fingerprint density at radius 3 is 2.53 bits per heavy atom. The molecule has 4 aliphatic rings. The first-order valence-corrected chi connectivity index (χ1v) is 15.1. The zero-order valence-electron chi connectivity index (χ0n) is 20.7. The average Bonchev–Trinajstić information content (AvgIpc) is 3.11. The van der Waals surface area contributed by atoms with Gasteiger partial charge in [0, 0.05) is 18.9 Å². The van der Waals surface area contributed by atoms with Crippen molar-refractivity contribution in [1.82, 2.24) is 5.32 Å². The van der Waals surface area contributed by atoms with Crippen molar-refractivity contribution in [3.63, 3.8) is 0 Å². The van der Waals surface area contributed by atoms with E-state index in [1.165, 1.54) is 70.6 Å². The van der Waals surface area contributed by atoms with Crippen LogP contribution in [0, 0.1) is 40.9 Å². The number of fused-ring (bicyclic) bond motifs is 5. The Kier molecular flexibility index (Phi) is 8.68. The fourth-order valence-electron chi connectivity index (χ4n) is 8.72. The lowest BCUT2D eigenvalue weighted by atomic mass is 9.49. The lowest BCUT2D eigenvalue weighted by Crippen LogP contribution is -2.50. The fourth-order valence-corrected chi connectivity index (χ4v) is 9.60. The Hall–Kier alpha value is 0.320. The van der Waals surface area contributed by atoms with Gasteiger partial charge in [-0.05, 0) is 128 Å². The maximum Gasteiger partial charge on any atom is 0.137 e. The number of rotatable bonds is 10. The van der Waals surface area contributed by atoms with Gasteiger partial charge in [0.2, 0.25) is 0 Å². The summed E-state index contributed by atoms with van der Waals surface area (Å²) in [4.78, 5) is 13.3. The molecule has 0 aliphatic heterocycles. The number of hydrogen-bond acceptors (Lipinski definition) is 3. The first-order valence-electron chi connectivity index (χ1n) is 14.0. The zero-order valence-corrected chi connectivity index (χ0v) is 22.9. The molecule has 0 aromatic rings. The van der Waals surface area contributed by atoms with E-state index in [0.29, 0.717) is 11.7 Å². The standard InChI is InChI=1S/C28H48INO2/c1-3-4-5-6-7-17-30-18-14-26(31)25-11-10-24-23-9-8-20-19-28(29,32)16-13-21(20)22(23)12-15-27(24,25)2/h20-25,30,32H,3-19H2,1-2H3/t20-,21+,22-,23-,24+,25-,27+,28-/m1/s1. The van der Waals surface area contributed by atoms with Crippen molar-refractivity contribution in [2.75, 3.05) is 13.1 Å². The van der Waals surface area contributed by atoms with Gasteiger partial charge >= 0.3 is 0 Å². The normalized spacial score (nSPS) is 43.4. The summed E-state index contributed by atoms with van der Waals surface area (Å²) >= 11 is 2.30. The van der Waals surface area contributed by atoms with Crippen LogP contribution in [-0.2, 0) is 4.79 Å². The molecule has 2 N–H and O–H groups in total. The lowest BCUT2D eigenvalue weighted by molar-refractivity contribution is -0.131. The Labute approximate surface area is 210 Å². The molecule has 0 unspecified atom stereocenters. The maximum atomic E-state index is 13.3. The number of nitrogens with one attached hydrogen (secondary N) is 1. The van der Waals surface area contributed by atoms with Crippen LogP contribution in [0.2, 0.25) is 0 Å². The van der Waals surface area contributed by atoms with Gasteiger partial charge in [-0.15, -0.1) is 0 Å². The van der Waals surface area contributed by atoms with E-state index in [0.717, 1.165) is 68.4 Å². The second-order valence-corrected chi connectivity index (χ2v) is 14.2. The monoisotopic (exact) mass is 557 g/mol. The first kappa shape index (κ1) is 25.4.